The Morgan fingerprint density at radius 2 is 1.97 bits per heavy atom. The molecule has 0 aliphatic heterocycles. The van der Waals surface area contributed by atoms with Crippen LogP contribution in [-0.2, 0) is 13.6 Å². The second kappa shape index (κ2) is 7.17. The number of imidazole rings is 1. The lowest BCUT2D eigenvalue weighted by atomic mass is 10.1. The molecule has 5 aromatic rings. The molecule has 5 rings (SSSR count). The Labute approximate surface area is 175 Å². The molecule has 4 aromatic heterocycles. The first-order chi connectivity index (χ1) is 15.0. The van der Waals surface area contributed by atoms with Gasteiger partial charge in [0.1, 0.15) is 29.0 Å². The summed E-state index contributed by atoms with van der Waals surface area (Å²) in [6.07, 6.45) is 5.85. The largest absolute Gasteiger partial charge is 0.375 e. The van der Waals surface area contributed by atoms with Crippen molar-refractivity contribution in [1.29, 1.82) is 0 Å². The Kier molecular flexibility index (Phi) is 4.32. The highest BCUT2D eigenvalue weighted by atomic mass is 16.1. The van der Waals surface area contributed by atoms with Gasteiger partial charge in [-0.2, -0.15) is 5.10 Å². The molecule has 1 aromatic carbocycles. The lowest BCUT2D eigenvalue weighted by molar-refractivity contribution is 0.112. The summed E-state index contributed by atoms with van der Waals surface area (Å²) < 4.78 is 1.63. The van der Waals surface area contributed by atoms with Crippen molar-refractivity contribution in [3.8, 4) is 11.4 Å². The van der Waals surface area contributed by atoms with Crippen molar-refractivity contribution in [3.63, 3.8) is 0 Å². The minimum atomic E-state index is -0.316. The minimum Gasteiger partial charge on any atom is -0.375 e. The maximum Gasteiger partial charge on any atom is 0.261 e. The number of fused-ring (bicyclic) bond motifs is 2. The van der Waals surface area contributed by atoms with Crippen LogP contribution >= 0.6 is 0 Å². The highest BCUT2D eigenvalue weighted by Crippen LogP contribution is 2.30. The molecular formula is C21H18N8O2. The van der Waals surface area contributed by atoms with E-state index in [1.165, 1.54) is 0 Å². The number of pyridine rings is 1. The van der Waals surface area contributed by atoms with Crippen molar-refractivity contribution in [1.82, 2.24) is 34.7 Å². The van der Waals surface area contributed by atoms with Crippen LogP contribution in [-0.4, -0.2) is 41.0 Å². The van der Waals surface area contributed by atoms with Crippen molar-refractivity contribution in [3.05, 3.63) is 64.1 Å². The number of aromatic amines is 2. The van der Waals surface area contributed by atoms with Crippen LogP contribution in [0, 0.1) is 6.92 Å². The fourth-order valence-corrected chi connectivity index (χ4v) is 3.59. The number of nitrogens with one attached hydrogen (secondary N) is 3. The van der Waals surface area contributed by atoms with Gasteiger partial charge in [0.25, 0.3) is 5.56 Å². The predicted molar refractivity (Wildman–Crippen MR) is 116 cm³/mol. The summed E-state index contributed by atoms with van der Waals surface area (Å²) in [7, 11) is 1.78. The molecule has 0 radical (unpaired) electrons. The highest BCUT2D eigenvalue weighted by Gasteiger charge is 2.20. The number of anilines is 1. The van der Waals surface area contributed by atoms with E-state index in [2.05, 4.69) is 35.3 Å². The zero-order valence-electron chi connectivity index (χ0n) is 16.8. The lowest BCUT2D eigenvalue weighted by Crippen LogP contribution is -2.15. The molecule has 4 heterocycles. The highest BCUT2D eigenvalue weighted by molar-refractivity contribution is 5.97. The molecule has 0 bridgehead atoms. The van der Waals surface area contributed by atoms with E-state index in [4.69, 9.17) is 0 Å². The summed E-state index contributed by atoms with van der Waals surface area (Å²) in [6.45, 7) is 2.15. The Morgan fingerprint density at radius 1 is 1.16 bits per heavy atom. The Morgan fingerprint density at radius 3 is 2.74 bits per heavy atom. The smallest absolute Gasteiger partial charge is 0.261 e. The molecule has 0 saturated heterocycles. The van der Waals surface area contributed by atoms with Gasteiger partial charge in [-0.25, -0.2) is 15.0 Å². The molecule has 0 spiro atoms. The SMILES string of the molecule is Cc1cc2[nH]c(-c3c(NCc4ncccn4)c4nn(C)cc4[nH]c3=O)nc2cc1C=O. The monoisotopic (exact) mass is 414 g/mol. The maximum absolute atomic E-state index is 13.1. The Balaban J connectivity index is 1.70. The third kappa shape index (κ3) is 3.23. The molecule has 154 valence electrons. The van der Waals surface area contributed by atoms with Crippen LogP contribution in [0.4, 0.5) is 5.69 Å². The van der Waals surface area contributed by atoms with Crippen LogP contribution in [0.25, 0.3) is 33.5 Å². The molecule has 0 amide bonds. The first kappa shape index (κ1) is 18.7. The van der Waals surface area contributed by atoms with Crippen molar-refractivity contribution >= 4 is 34.0 Å². The molecule has 10 heteroatoms. The average molecular weight is 414 g/mol. The van der Waals surface area contributed by atoms with Gasteiger partial charge in [-0.3, -0.25) is 14.3 Å². The summed E-state index contributed by atoms with van der Waals surface area (Å²) in [4.78, 5) is 43.5. The zero-order valence-corrected chi connectivity index (χ0v) is 16.8. The number of aromatic nitrogens is 7. The number of H-pyrrole nitrogens is 2. The molecule has 0 atom stereocenters. The molecule has 0 aliphatic rings. The van der Waals surface area contributed by atoms with Gasteiger partial charge in [-0.15, -0.1) is 0 Å². The number of benzene rings is 1. The van der Waals surface area contributed by atoms with E-state index in [1.54, 1.807) is 42.5 Å². The summed E-state index contributed by atoms with van der Waals surface area (Å²) in [5, 5.41) is 7.77. The van der Waals surface area contributed by atoms with Gasteiger partial charge >= 0.3 is 0 Å². The molecule has 0 fully saturated rings. The Bertz CT molecular complexity index is 1500. The number of carbonyl (C=O) groups excluding carboxylic acids is 1. The predicted octanol–water partition coefficient (Wildman–Crippen LogP) is 2.33. The summed E-state index contributed by atoms with van der Waals surface area (Å²) in [6, 6.07) is 5.28. The first-order valence-corrected chi connectivity index (χ1v) is 9.59. The summed E-state index contributed by atoms with van der Waals surface area (Å²) >= 11 is 0. The van der Waals surface area contributed by atoms with E-state index in [0.29, 0.717) is 51.6 Å². The van der Waals surface area contributed by atoms with Crippen molar-refractivity contribution in [2.75, 3.05) is 5.32 Å². The van der Waals surface area contributed by atoms with Crippen molar-refractivity contribution < 1.29 is 4.79 Å². The van der Waals surface area contributed by atoms with Crippen molar-refractivity contribution in [2.24, 2.45) is 7.05 Å². The lowest BCUT2D eigenvalue weighted by Gasteiger charge is -2.10. The van der Waals surface area contributed by atoms with Gasteiger partial charge in [0.2, 0.25) is 0 Å². The third-order valence-electron chi connectivity index (χ3n) is 5.07. The van der Waals surface area contributed by atoms with E-state index in [-0.39, 0.29) is 5.56 Å². The molecule has 0 saturated carbocycles. The molecule has 0 aliphatic carbocycles. The fourth-order valence-electron chi connectivity index (χ4n) is 3.59. The number of nitrogens with zero attached hydrogens (tertiary/aromatic N) is 5. The van der Waals surface area contributed by atoms with Gasteiger partial charge in [-0.1, -0.05) is 0 Å². The molecule has 3 N–H and O–H groups in total. The van der Waals surface area contributed by atoms with Crippen LogP contribution in [0.15, 0.2) is 41.6 Å². The molecule has 10 nitrogen and oxygen atoms in total. The van der Waals surface area contributed by atoms with E-state index in [1.807, 2.05) is 13.0 Å². The van der Waals surface area contributed by atoms with Crippen molar-refractivity contribution in [2.45, 2.75) is 13.5 Å². The van der Waals surface area contributed by atoms with E-state index < -0.39 is 0 Å². The molecule has 0 unspecified atom stereocenters. The summed E-state index contributed by atoms with van der Waals surface area (Å²) in [5.74, 6) is 0.955. The number of hydrogen-bond acceptors (Lipinski definition) is 7. The zero-order chi connectivity index (χ0) is 21.5. The van der Waals surface area contributed by atoms with Gasteiger partial charge < -0.3 is 15.3 Å². The third-order valence-corrected chi connectivity index (χ3v) is 5.07. The number of hydrogen-bond donors (Lipinski definition) is 3. The quantitative estimate of drug-likeness (QED) is 0.376. The normalized spacial score (nSPS) is 11.3. The van der Waals surface area contributed by atoms with E-state index in [0.717, 1.165) is 17.4 Å². The average Bonchev–Trinajstić information content (AvgIpc) is 3.33. The molecular weight excluding hydrogens is 396 g/mol. The number of carbonyl (C=O) groups is 1. The van der Waals surface area contributed by atoms with E-state index in [9.17, 15) is 9.59 Å². The summed E-state index contributed by atoms with van der Waals surface area (Å²) in [5.41, 5.74) is 4.44. The first-order valence-electron chi connectivity index (χ1n) is 9.59. The van der Waals surface area contributed by atoms with Crippen LogP contribution in [0.3, 0.4) is 0 Å². The number of rotatable bonds is 5. The van der Waals surface area contributed by atoms with Gasteiger partial charge in [0, 0.05) is 31.2 Å². The van der Waals surface area contributed by atoms with Gasteiger partial charge in [0.05, 0.1) is 28.8 Å². The standard InChI is InChI=1S/C21H18N8O2/c1-11-6-13-14(7-12(11)10-30)26-20(25-13)17-19(24-8-16-22-4-3-5-23-16)18-15(27-21(17)31)9-29(2)28-18/h3-7,9-10,24H,8H2,1-2H3,(H,25,26)(H,27,31). The second-order valence-electron chi connectivity index (χ2n) is 7.22. The fraction of sp³-hybridized carbons (Fsp3) is 0.143. The molecule has 31 heavy (non-hydrogen) atoms. The van der Waals surface area contributed by atoms with Crippen LogP contribution in [0.2, 0.25) is 0 Å². The van der Waals surface area contributed by atoms with Crippen LogP contribution < -0.4 is 10.9 Å². The van der Waals surface area contributed by atoms with E-state index >= 15 is 0 Å². The van der Waals surface area contributed by atoms with Crippen LogP contribution in [0.5, 0.6) is 0 Å². The number of aldehydes is 1. The second-order valence-corrected chi connectivity index (χ2v) is 7.22. The Hall–Kier alpha value is -4.34. The minimum absolute atomic E-state index is 0.303. The topological polar surface area (TPSA) is 134 Å². The van der Waals surface area contributed by atoms with Gasteiger partial charge in [-0.05, 0) is 30.7 Å². The van der Waals surface area contributed by atoms with Gasteiger partial charge in [0.15, 0.2) is 0 Å². The number of aryl methyl sites for hydroxylation is 2. The maximum atomic E-state index is 13.1. The van der Waals surface area contributed by atoms with Crippen LogP contribution in [0.1, 0.15) is 21.7 Å².